The van der Waals surface area contributed by atoms with Crippen molar-refractivity contribution in [2.75, 3.05) is 23.7 Å². The van der Waals surface area contributed by atoms with Crippen molar-refractivity contribution in [2.45, 2.75) is 50.6 Å². The minimum Gasteiger partial charge on any atom is -0.480 e. The highest BCUT2D eigenvalue weighted by molar-refractivity contribution is 5.96. The minimum absolute atomic E-state index is 0.00766. The lowest BCUT2D eigenvalue weighted by Crippen LogP contribution is -2.55. The third-order valence-electron chi connectivity index (χ3n) is 5.76. The molecule has 8 nitrogen and oxygen atoms in total. The minimum atomic E-state index is -0.797. The van der Waals surface area contributed by atoms with Crippen LogP contribution < -0.4 is 16.0 Å². The molecule has 8 heteroatoms. The van der Waals surface area contributed by atoms with Crippen molar-refractivity contribution < 1.29 is 19.5 Å². The number of aryl methyl sites for hydroxylation is 1. The first-order valence-corrected chi connectivity index (χ1v) is 9.92. The van der Waals surface area contributed by atoms with Gasteiger partial charge in [0.15, 0.2) is 0 Å². The molecule has 4 rings (SSSR count). The fourth-order valence-corrected chi connectivity index (χ4v) is 3.95. The zero-order valence-corrected chi connectivity index (χ0v) is 15.7. The van der Waals surface area contributed by atoms with Gasteiger partial charge in [-0.15, -0.1) is 0 Å². The Morgan fingerprint density at radius 3 is 2.71 bits per heavy atom. The van der Waals surface area contributed by atoms with Gasteiger partial charge >= 0.3 is 12.0 Å². The molecule has 4 N–H and O–H groups in total. The van der Waals surface area contributed by atoms with E-state index in [-0.39, 0.29) is 30.6 Å². The maximum Gasteiger partial charge on any atom is 0.319 e. The lowest BCUT2D eigenvalue weighted by atomic mass is 9.85. The zero-order chi connectivity index (χ0) is 19.7. The quantitative estimate of drug-likeness (QED) is 0.573. The van der Waals surface area contributed by atoms with E-state index in [9.17, 15) is 14.4 Å². The number of urea groups is 1. The summed E-state index contributed by atoms with van der Waals surface area (Å²) in [4.78, 5) is 36.9. The Labute approximate surface area is 163 Å². The summed E-state index contributed by atoms with van der Waals surface area (Å²) in [5.74, 6) is -0.166. The molecule has 1 aromatic carbocycles. The predicted octanol–water partition coefficient (Wildman–Crippen LogP) is 2.02. The van der Waals surface area contributed by atoms with Gasteiger partial charge in [-0.05, 0) is 55.7 Å². The molecule has 2 fully saturated rings. The van der Waals surface area contributed by atoms with Crippen molar-refractivity contribution in [3.63, 3.8) is 0 Å². The second-order valence-corrected chi connectivity index (χ2v) is 8.11. The van der Waals surface area contributed by atoms with E-state index in [1.165, 1.54) is 12.8 Å². The number of aliphatic carboxylic acids is 1. The molecular weight excluding hydrogens is 360 g/mol. The van der Waals surface area contributed by atoms with Crippen LogP contribution in [0.15, 0.2) is 18.2 Å². The number of rotatable bonds is 7. The van der Waals surface area contributed by atoms with Crippen LogP contribution in [0.3, 0.4) is 0 Å². The van der Waals surface area contributed by atoms with Crippen LogP contribution in [0.5, 0.6) is 0 Å². The van der Waals surface area contributed by atoms with Crippen molar-refractivity contribution in [3.05, 3.63) is 23.8 Å². The van der Waals surface area contributed by atoms with Crippen LogP contribution >= 0.6 is 0 Å². The number of carboxylic acids is 1. The zero-order valence-electron chi connectivity index (χ0n) is 15.7. The summed E-state index contributed by atoms with van der Waals surface area (Å²) < 4.78 is 0. The fourth-order valence-electron chi connectivity index (χ4n) is 3.95. The molecule has 3 aliphatic rings. The van der Waals surface area contributed by atoms with Gasteiger partial charge in [-0.2, -0.15) is 0 Å². The van der Waals surface area contributed by atoms with Crippen LogP contribution in [0.4, 0.5) is 16.2 Å². The number of amides is 3. The third-order valence-corrected chi connectivity index (χ3v) is 5.76. The Balaban J connectivity index is 1.25. The molecule has 1 aliphatic heterocycles. The highest BCUT2D eigenvalue weighted by Gasteiger charge is 2.37. The molecule has 0 atom stereocenters. The molecule has 0 saturated heterocycles. The van der Waals surface area contributed by atoms with Crippen LogP contribution in [0, 0.1) is 5.92 Å². The molecule has 3 amide bonds. The molecule has 0 radical (unpaired) electrons. The molecule has 150 valence electrons. The van der Waals surface area contributed by atoms with E-state index >= 15 is 0 Å². The number of carbonyl (C=O) groups is 3. The van der Waals surface area contributed by atoms with Crippen LogP contribution in [-0.4, -0.2) is 53.1 Å². The number of benzene rings is 1. The average molecular weight is 386 g/mol. The Hall–Kier alpha value is -2.61. The molecule has 2 aliphatic carbocycles. The number of hydrogen-bond acceptors (Lipinski definition) is 4. The van der Waals surface area contributed by atoms with Crippen molar-refractivity contribution >= 4 is 29.3 Å². The van der Waals surface area contributed by atoms with Gasteiger partial charge in [0, 0.05) is 36.4 Å². The first-order valence-electron chi connectivity index (χ1n) is 9.92. The van der Waals surface area contributed by atoms with Gasteiger partial charge in [0.1, 0.15) is 0 Å². The number of carbonyl (C=O) groups excluding carboxylic acids is 2. The monoisotopic (exact) mass is 386 g/mol. The lowest BCUT2D eigenvalue weighted by molar-refractivity contribution is -0.139. The summed E-state index contributed by atoms with van der Waals surface area (Å²) in [5.41, 5.74) is 2.46. The first kappa shape index (κ1) is 18.7. The van der Waals surface area contributed by atoms with Gasteiger partial charge in [0.25, 0.3) is 0 Å². The van der Waals surface area contributed by atoms with E-state index in [4.69, 9.17) is 5.11 Å². The highest BCUT2D eigenvalue weighted by Crippen LogP contribution is 2.34. The van der Waals surface area contributed by atoms with E-state index in [1.54, 1.807) is 6.07 Å². The summed E-state index contributed by atoms with van der Waals surface area (Å²) in [6.45, 7) is 0.914. The van der Waals surface area contributed by atoms with Crippen molar-refractivity contribution in [3.8, 4) is 0 Å². The molecule has 1 aromatic rings. The average Bonchev–Trinajstić information content (AvgIpc) is 3.40. The lowest BCUT2D eigenvalue weighted by Gasteiger charge is -2.42. The standard InChI is InChI=1S/C20H26N4O4/c25-18-6-4-13-3-5-14(9-17(13)23-18)21-20(28)22-15-7-16(8-15)24(11-19(26)27)10-12-1-2-12/h3,5,9,12,15-16H,1-2,4,6-8,10-11H2,(H,23,25)(H,26,27)(H2,21,22,28). The molecule has 1 heterocycles. The molecule has 0 aromatic heterocycles. The number of nitrogens with zero attached hydrogens (tertiary/aromatic N) is 1. The topological polar surface area (TPSA) is 111 Å². The van der Waals surface area contributed by atoms with E-state index in [0.29, 0.717) is 24.4 Å². The van der Waals surface area contributed by atoms with Gasteiger partial charge in [0.05, 0.1) is 6.54 Å². The Bertz CT molecular complexity index is 786. The van der Waals surface area contributed by atoms with Crippen molar-refractivity contribution in [2.24, 2.45) is 5.92 Å². The number of fused-ring (bicyclic) bond motifs is 1. The van der Waals surface area contributed by atoms with E-state index in [0.717, 1.165) is 30.6 Å². The number of carboxylic acid groups (broad SMARTS) is 1. The normalized spacial score (nSPS) is 23.4. The van der Waals surface area contributed by atoms with Gasteiger partial charge in [-0.3, -0.25) is 14.5 Å². The number of anilines is 2. The molecule has 0 bridgehead atoms. The maximum atomic E-state index is 12.3. The number of hydrogen-bond donors (Lipinski definition) is 4. The van der Waals surface area contributed by atoms with Gasteiger partial charge in [-0.1, -0.05) is 6.07 Å². The predicted molar refractivity (Wildman–Crippen MR) is 104 cm³/mol. The van der Waals surface area contributed by atoms with E-state index < -0.39 is 5.97 Å². The fraction of sp³-hybridized carbons (Fsp3) is 0.550. The van der Waals surface area contributed by atoms with Crippen LogP contribution in [-0.2, 0) is 16.0 Å². The Kier molecular flexibility index (Phi) is 5.21. The van der Waals surface area contributed by atoms with Crippen molar-refractivity contribution in [1.29, 1.82) is 0 Å². The maximum absolute atomic E-state index is 12.3. The van der Waals surface area contributed by atoms with Gasteiger partial charge < -0.3 is 21.1 Å². The van der Waals surface area contributed by atoms with E-state index in [1.807, 2.05) is 17.0 Å². The third kappa shape index (κ3) is 4.62. The smallest absolute Gasteiger partial charge is 0.319 e. The van der Waals surface area contributed by atoms with Crippen molar-refractivity contribution in [1.82, 2.24) is 10.2 Å². The van der Waals surface area contributed by atoms with E-state index in [2.05, 4.69) is 16.0 Å². The van der Waals surface area contributed by atoms with Crippen LogP contribution in [0.25, 0.3) is 0 Å². The molecule has 0 spiro atoms. The molecule has 2 saturated carbocycles. The number of nitrogens with one attached hydrogen (secondary N) is 3. The Morgan fingerprint density at radius 1 is 1.21 bits per heavy atom. The molecular formula is C20H26N4O4. The largest absolute Gasteiger partial charge is 0.480 e. The van der Waals surface area contributed by atoms with Crippen LogP contribution in [0.2, 0.25) is 0 Å². The van der Waals surface area contributed by atoms with Crippen LogP contribution in [0.1, 0.15) is 37.7 Å². The summed E-state index contributed by atoms with van der Waals surface area (Å²) in [6, 6.07) is 5.53. The summed E-state index contributed by atoms with van der Waals surface area (Å²) in [7, 11) is 0. The molecule has 28 heavy (non-hydrogen) atoms. The summed E-state index contributed by atoms with van der Waals surface area (Å²) >= 11 is 0. The SMILES string of the molecule is O=C(O)CN(CC1CC1)C1CC(NC(=O)Nc2ccc3c(c2)NC(=O)CC3)C1. The van der Waals surface area contributed by atoms with Gasteiger partial charge in [0.2, 0.25) is 5.91 Å². The Morgan fingerprint density at radius 2 is 2.00 bits per heavy atom. The van der Waals surface area contributed by atoms with Gasteiger partial charge in [-0.25, -0.2) is 4.79 Å². The summed E-state index contributed by atoms with van der Waals surface area (Å²) in [6.07, 6.45) is 5.12. The molecule has 0 unspecified atom stereocenters. The highest BCUT2D eigenvalue weighted by atomic mass is 16.4. The second kappa shape index (κ2) is 7.79. The summed E-state index contributed by atoms with van der Waals surface area (Å²) in [5, 5.41) is 17.7. The first-order chi connectivity index (χ1) is 13.5. The second-order valence-electron chi connectivity index (χ2n) is 8.11.